The minimum atomic E-state index is 0.0805. The third-order valence-corrected chi connectivity index (χ3v) is 3.65. The Balaban J connectivity index is 2.32. The summed E-state index contributed by atoms with van der Waals surface area (Å²) in [5.41, 5.74) is 2.65. The molecular formula is C12H9BrOS. The number of hydrogen-bond acceptors (Lipinski definition) is 2. The summed E-state index contributed by atoms with van der Waals surface area (Å²) in [6.07, 6.45) is 0. The van der Waals surface area contributed by atoms with E-state index in [9.17, 15) is 4.79 Å². The highest BCUT2D eigenvalue weighted by Gasteiger charge is 2.09. The largest absolute Gasteiger partial charge is 0.289 e. The number of carbonyl (C=O) groups excluding carboxylic acids is 1. The summed E-state index contributed by atoms with van der Waals surface area (Å²) in [5.74, 6) is 0.0805. The van der Waals surface area contributed by atoms with Crippen LogP contribution in [0.15, 0.2) is 39.5 Å². The Morgan fingerprint density at radius 3 is 2.40 bits per heavy atom. The molecule has 15 heavy (non-hydrogen) atoms. The Bertz CT molecular complexity index is 485. The molecule has 0 unspecified atom stereocenters. The summed E-state index contributed by atoms with van der Waals surface area (Å²) >= 11 is 4.88. The molecule has 0 aliphatic heterocycles. The average Bonchev–Trinajstić information content (AvgIpc) is 2.65. The fourth-order valence-electron chi connectivity index (χ4n) is 1.30. The van der Waals surface area contributed by atoms with Crippen molar-refractivity contribution in [3.63, 3.8) is 0 Å². The first-order chi connectivity index (χ1) is 7.16. The quantitative estimate of drug-likeness (QED) is 0.759. The first kappa shape index (κ1) is 10.6. The van der Waals surface area contributed by atoms with Crippen molar-refractivity contribution in [3.8, 4) is 0 Å². The van der Waals surface area contributed by atoms with Gasteiger partial charge >= 0.3 is 0 Å². The maximum Gasteiger partial charge on any atom is 0.193 e. The molecule has 0 fully saturated rings. The van der Waals surface area contributed by atoms with Gasteiger partial charge in [-0.05, 0) is 28.9 Å². The Labute approximate surface area is 101 Å². The first-order valence-electron chi connectivity index (χ1n) is 4.52. The van der Waals surface area contributed by atoms with Crippen LogP contribution in [0.3, 0.4) is 0 Å². The molecule has 0 aliphatic rings. The lowest BCUT2D eigenvalue weighted by molar-refractivity contribution is 0.103. The Kier molecular flexibility index (Phi) is 3.03. The van der Waals surface area contributed by atoms with Gasteiger partial charge in [0.05, 0.1) is 3.79 Å². The van der Waals surface area contributed by atoms with Gasteiger partial charge in [0.1, 0.15) is 0 Å². The van der Waals surface area contributed by atoms with Crippen LogP contribution in [0.1, 0.15) is 21.5 Å². The second-order valence-corrected chi connectivity index (χ2v) is 5.63. The molecular weight excluding hydrogens is 272 g/mol. The smallest absolute Gasteiger partial charge is 0.193 e. The van der Waals surface area contributed by atoms with Gasteiger partial charge in [0, 0.05) is 16.5 Å². The van der Waals surface area contributed by atoms with Gasteiger partial charge in [-0.3, -0.25) is 4.79 Å². The lowest BCUT2D eigenvalue weighted by Crippen LogP contribution is -1.98. The van der Waals surface area contributed by atoms with E-state index in [1.54, 1.807) is 0 Å². The van der Waals surface area contributed by atoms with Crippen LogP contribution in [-0.4, -0.2) is 5.78 Å². The molecule has 76 valence electrons. The Morgan fingerprint density at radius 2 is 1.87 bits per heavy atom. The molecule has 0 atom stereocenters. The molecule has 0 spiro atoms. The van der Waals surface area contributed by atoms with E-state index in [0.29, 0.717) is 0 Å². The van der Waals surface area contributed by atoms with Gasteiger partial charge in [0.15, 0.2) is 5.78 Å². The van der Waals surface area contributed by atoms with E-state index < -0.39 is 0 Å². The van der Waals surface area contributed by atoms with E-state index in [0.717, 1.165) is 20.5 Å². The molecule has 0 radical (unpaired) electrons. The van der Waals surface area contributed by atoms with E-state index in [2.05, 4.69) is 15.9 Å². The molecule has 0 amide bonds. The third-order valence-electron chi connectivity index (χ3n) is 2.14. The molecule has 0 saturated heterocycles. The maximum absolute atomic E-state index is 12.0. The number of hydrogen-bond donors (Lipinski definition) is 0. The number of ketones is 1. The highest BCUT2D eigenvalue weighted by Crippen LogP contribution is 2.22. The predicted molar refractivity (Wildman–Crippen MR) is 66.6 cm³/mol. The van der Waals surface area contributed by atoms with Crippen molar-refractivity contribution < 1.29 is 4.79 Å². The zero-order valence-electron chi connectivity index (χ0n) is 8.16. The van der Waals surface area contributed by atoms with E-state index in [4.69, 9.17) is 0 Å². The van der Waals surface area contributed by atoms with Crippen molar-refractivity contribution in [3.05, 3.63) is 56.2 Å². The molecule has 0 aliphatic carbocycles. The highest BCUT2D eigenvalue weighted by molar-refractivity contribution is 9.11. The van der Waals surface area contributed by atoms with E-state index in [1.807, 2.05) is 42.6 Å². The minimum absolute atomic E-state index is 0.0805. The summed E-state index contributed by atoms with van der Waals surface area (Å²) in [6.45, 7) is 2.01. The lowest BCUT2D eigenvalue weighted by atomic mass is 10.1. The van der Waals surface area contributed by atoms with Gasteiger partial charge in [-0.2, -0.15) is 0 Å². The summed E-state index contributed by atoms with van der Waals surface area (Å²) in [4.78, 5) is 12.0. The second kappa shape index (κ2) is 4.29. The van der Waals surface area contributed by atoms with E-state index in [1.165, 1.54) is 11.3 Å². The number of carbonyl (C=O) groups is 1. The molecule has 1 nitrogen and oxygen atoms in total. The van der Waals surface area contributed by atoms with Crippen LogP contribution in [0.25, 0.3) is 0 Å². The van der Waals surface area contributed by atoms with Crippen LogP contribution in [0.5, 0.6) is 0 Å². The van der Waals surface area contributed by atoms with Crippen molar-refractivity contribution in [2.45, 2.75) is 6.92 Å². The zero-order chi connectivity index (χ0) is 10.8. The third kappa shape index (κ3) is 2.36. The molecule has 0 saturated carbocycles. The van der Waals surface area contributed by atoms with E-state index in [-0.39, 0.29) is 5.78 Å². The molecule has 2 rings (SSSR count). The fraction of sp³-hybridized carbons (Fsp3) is 0.0833. The zero-order valence-corrected chi connectivity index (χ0v) is 10.6. The molecule has 0 bridgehead atoms. The number of aryl methyl sites for hydroxylation is 1. The number of halogens is 1. The minimum Gasteiger partial charge on any atom is -0.289 e. The SMILES string of the molecule is Cc1ccc(C(=O)c2csc(Br)c2)cc1. The molecule has 1 aromatic carbocycles. The Morgan fingerprint density at radius 1 is 1.20 bits per heavy atom. The van der Waals surface area contributed by atoms with Crippen molar-refractivity contribution in [1.29, 1.82) is 0 Å². The summed E-state index contributed by atoms with van der Waals surface area (Å²) < 4.78 is 0.984. The van der Waals surface area contributed by atoms with Gasteiger partial charge in [-0.15, -0.1) is 11.3 Å². The van der Waals surface area contributed by atoms with Gasteiger partial charge in [-0.25, -0.2) is 0 Å². The fourth-order valence-corrected chi connectivity index (χ4v) is 2.44. The summed E-state index contributed by atoms with van der Waals surface area (Å²) in [7, 11) is 0. The molecule has 2 aromatic rings. The van der Waals surface area contributed by atoms with Crippen LogP contribution >= 0.6 is 27.3 Å². The van der Waals surface area contributed by atoms with Gasteiger partial charge in [-0.1, -0.05) is 29.8 Å². The number of thiophene rings is 1. The van der Waals surface area contributed by atoms with Crippen LogP contribution < -0.4 is 0 Å². The van der Waals surface area contributed by atoms with Gasteiger partial charge in [0.2, 0.25) is 0 Å². The van der Waals surface area contributed by atoms with Crippen molar-refractivity contribution in [2.75, 3.05) is 0 Å². The average molecular weight is 281 g/mol. The van der Waals surface area contributed by atoms with Crippen molar-refractivity contribution >= 4 is 33.0 Å². The van der Waals surface area contributed by atoms with Crippen molar-refractivity contribution in [1.82, 2.24) is 0 Å². The number of benzene rings is 1. The number of rotatable bonds is 2. The lowest BCUT2D eigenvalue weighted by Gasteiger charge is -1.98. The summed E-state index contributed by atoms with van der Waals surface area (Å²) in [6, 6.07) is 9.49. The molecule has 1 aromatic heterocycles. The first-order valence-corrected chi connectivity index (χ1v) is 6.19. The second-order valence-electron chi connectivity index (χ2n) is 3.33. The standard InChI is InChI=1S/C12H9BrOS/c1-8-2-4-9(5-3-8)12(14)10-6-11(13)15-7-10/h2-7H,1H3. The molecule has 1 heterocycles. The monoisotopic (exact) mass is 280 g/mol. The normalized spacial score (nSPS) is 10.3. The summed E-state index contributed by atoms with van der Waals surface area (Å²) in [5, 5.41) is 1.87. The maximum atomic E-state index is 12.0. The van der Waals surface area contributed by atoms with E-state index >= 15 is 0 Å². The van der Waals surface area contributed by atoms with Crippen LogP contribution in [0.2, 0.25) is 0 Å². The van der Waals surface area contributed by atoms with Crippen LogP contribution in [0.4, 0.5) is 0 Å². The topological polar surface area (TPSA) is 17.1 Å². The highest BCUT2D eigenvalue weighted by atomic mass is 79.9. The molecule has 0 N–H and O–H groups in total. The Hall–Kier alpha value is -0.930. The molecule has 3 heteroatoms. The van der Waals surface area contributed by atoms with Crippen LogP contribution in [-0.2, 0) is 0 Å². The van der Waals surface area contributed by atoms with Gasteiger partial charge in [0.25, 0.3) is 0 Å². The predicted octanol–water partition coefficient (Wildman–Crippen LogP) is 4.05. The van der Waals surface area contributed by atoms with Crippen LogP contribution in [0, 0.1) is 6.92 Å². The van der Waals surface area contributed by atoms with Gasteiger partial charge < -0.3 is 0 Å². The van der Waals surface area contributed by atoms with Crippen molar-refractivity contribution in [2.24, 2.45) is 0 Å².